The molecule has 0 radical (unpaired) electrons. The minimum absolute atomic E-state index is 0.0696. The maximum Gasteiger partial charge on any atom is 0.410 e. The Bertz CT molecular complexity index is 879. The van der Waals surface area contributed by atoms with E-state index in [1.807, 2.05) is 51.2 Å². The highest BCUT2D eigenvalue weighted by Gasteiger charge is 2.34. The molecule has 1 fully saturated rings. The standard InChI is InChI=1S/C23H29N3O2/c1-16(2)8-9-17-10-12-18(13-11-17)19-15-24-21(25-19)20-7-6-14-26(20)22(27)28-23(3,4)5/h10-13,15-16,20H,6-7,14H2,1-5H3,(H,24,25)/t20-/m0/s1. The molecule has 5 nitrogen and oxygen atoms in total. The van der Waals surface area contributed by atoms with Crippen molar-refractivity contribution in [1.29, 1.82) is 0 Å². The van der Waals surface area contributed by atoms with E-state index in [4.69, 9.17) is 4.74 Å². The topological polar surface area (TPSA) is 58.2 Å². The lowest BCUT2D eigenvalue weighted by atomic mass is 10.1. The lowest BCUT2D eigenvalue weighted by Gasteiger charge is -2.27. The number of benzene rings is 1. The summed E-state index contributed by atoms with van der Waals surface area (Å²) in [6.45, 7) is 10.5. The average Bonchev–Trinajstić information content (AvgIpc) is 3.28. The van der Waals surface area contributed by atoms with Crippen molar-refractivity contribution in [3.63, 3.8) is 0 Å². The van der Waals surface area contributed by atoms with E-state index in [0.717, 1.165) is 35.5 Å². The van der Waals surface area contributed by atoms with Gasteiger partial charge in [0.15, 0.2) is 0 Å². The number of imidazole rings is 1. The third-order valence-corrected chi connectivity index (χ3v) is 4.49. The normalized spacial score (nSPS) is 16.8. The Labute approximate surface area is 167 Å². The SMILES string of the molecule is CC(C)C#Cc1ccc(-c2cnc([C@@H]3CCCN3C(=O)OC(C)(C)C)[nH]2)cc1. The van der Waals surface area contributed by atoms with Crippen molar-refractivity contribution in [2.24, 2.45) is 5.92 Å². The summed E-state index contributed by atoms with van der Waals surface area (Å²) in [5, 5.41) is 0. The van der Waals surface area contributed by atoms with Crippen LogP contribution < -0.4 is 0 Å². The van der Waals surface area contributed by atoms with Gasteiger partial charge in [0.2, 0.25) is 0 Å². The fourth-order valence-electron chi connectivity index (χ4n) is 3.20. The number of hydrogen-bond donors (Lipinski definition) is 1. The number of carbonyl (C=O) groups excluding carboxylic acids is 1. The minimum Gasteiger partial charge on any atom is -0.444 e. The number of H-pyrrole nitrogens is 1. The highest BCUT2D eigenvalue weighted by Crippen LogP contribution is 2.32. The number of nitrogens with one attached hydrogen (secondary N) is 1. The van der Waals surface area contributed by atoms with Gasteiger partial charge >= 0.3 is 6.09 Å². The zero-order valence-electron chi connectivity index (χ0n) is 17.4. The van der Waals surface area contributed by atoms with Gasteiger partial charge in [0, 0.05) is 18.0 Å². The number of likely N-dealkylation sites (tertiary alicyclic amines) is 1. The van der Waals surface area contributed by atoms with Crippen molar-refractivity contribution in [3.05, 3.63) is 41.9 Å². The second-order valence-electron chi connectivity index (χ2n) is 8.52. The summed E-state index contributed by atoms with van der Waals surface area (Å²) in [7, 11) is 0. The quantitative estimate of drug-likeness (QED) is 0.734. The molecule has 1 atom stereocenters. The van der Waals surface area contributed by atoms with E-state index >= 15 is 0 Å². The van der Waals surface area contributed by atoms with Crippen molar-refractivity contribution >= 4 is 6.09 Å². The second-order valence-corrected chi connectivity index (χ2v) is 8.52. The molecule has 2 aromatic rings. The molecule has 1 aromatic heterocycles. The summed E-state index contributed by atoms with van der Waals surface area (Å²) in [6.07, 6.45) is 3.38. The van der Waals surface area contributed by atoms with Crippen LogP contribution in [0, 0.1) is 17.8 Å². The maximum atomic E-state index is 12.5. The molecule has 3 rings (SSSR count). The fraction of sp³-hybridized carbons (Fsp3) is 0.478. The molecule has 5 heteroatoms. The predicted molar refractivity (Wildman–Crippen MR) is 111 cm³/mol. The van der Waals surface area contributed by atoms with Crippen LogP contribution in [0.2, 0.25) is 0 Å². The molecule has 148 valence electrons. The van der Waals surface area contributed by atoms with Crippen molar-refractivity contribution < 1.29 is 9.53 Å². The smallest absolute Gasteiger partial charge is 0.410 e. The molecule has 2 heterocycles. The van der Waals surface area contributed by atoms with Crippen molar-refractivity contribution in [3.8, 4) is 23.1 Å². The van der Waals surface area contributed by atoms with E-state index in [1.54, 1.807) is 4.90 Å². The van der Waals surface area contributed by atoms with Crippen LogP contribution in [-0.4, -0.2) is 33.1 Å². The molecule has 1 N–H and O–H groups in total. The molecular formula is C23H29N3O2. The van der Waals surface area contributed by atoms with Crippen LogP contribution in [0.25, 0.3) is 11.3 Å². The van der Waals surface area contributed by atoms with Gasteiger partial charge in [-0.05, 0) is 51.3 Å². The highest BCUT2D eigenvalue weighted by molar-refractivity contribution is 5.69. The van der Waals surface area contributed by atoms with Gasteiger partial charge in [-0.15, -0.1) is 0 Å². The number of aromatic nitrogens is 2. The summed E-state index contributed by atoms with van der Waals surface area (Å²) >= 11 is 0. The summed E-state index contributed by atoms with van der Waals surface area (Å²) in [4.78, 5) is 22.2. The van der Waals surface area contributed by atoms with Gasteiger partial charge in [0.1, 0.15) is 11.4 Å². The van der Waals surface area contributed by atoms with Gasteiger partial charge in [0.05, 0.1) is 17.9 Å². The van der Waals surface area contributed by atoms with Gasteiger partial charge < -0.3 is 9.72 Å². The third-order valence-electron chi connectivity index (χ3n) is 4.49. The number of ether oxygens (including phenoxy) is 1. The molecule has 0 spiro atoms. The number of amides is 1. The van der Waals surface area contributed by atoms with Crippen molar-refractivity contribution in [2.45, 2.75) is 59.1 Å². The lowest BCUT2D eigenvalue weighted by Crippen LogP contribution is -2.36. The largest absolute Gasteiger partial charge is 0.444 e. The van der Waals surface area contributed by atoms with E-state index in [1.165, 1.54) is 0 Å². The molecule has 0 aliphatic carbocycles. The van der Waals surface area contributed by atoms with Crippen LogP contribution in [0.5, 0.6) is 0 Å². The molecule has 1 saturated heterocycles. The molecule has 1 aliphatic rings. The van der Waals surface area contributed by atoms with E-state index in [9.17, 15) is 4.79 Å². The van der Waals surface area contributed by atoms with Crippen LogP contribution in [0.1, 0.15) is 64.9 Å². The summed E-state index contributed by atoms with van der Waals surface area (Å²) < 4.78 is 5.55. The highest BCUT2D eigenvalue weighted by atomic mass is 16.6. The van der Waals surface area contributed by atoms with Gasteiger partial charge in [-0.1, -0.05) is 37.8 Å². The molecular weight excluding hydrogens is 350 g/mol. The van der Waals surface area contributed by atoms with Crippen LogP contribution >= 0.6 is 0 Å². The van der Waals surface area contributed by atoms with Gasteiger partial charge in [0.25, 0.3) is 0 Å². The van der Waals surface area contributed by atoms with E-state index in [-0.39, 0.29) is 12.1 Å². The first-order chi connectivity index (χ1) is 13.2. The van der Waals surface area contributed by atoms with Crippen molar-refractivity contribution in [2.75, 3.05) is 6.54 Å². The Morgan fingerprint density at radius 3 is 2.64 bits per heavy atom. The van der Waals surface area contributed by atoms with Gasteiger partial charge in [-0.25, -0.2) is 9.78 Å². The number of hydrogen-bond acceptors (Lipinski definition) is 3. The zero-order chi connectivity index (χ0) is 20.3. The summed E-state index contributed by atoms with van der Waals surface area (Å²) in [5.74, 6) is 7.51. The molecule has 1 aliphatic heterocycles. The summed E-state index contributed by atoms with van der Waals surface area (Å²) in [5.41, 5.74) is 2.49. The van der Waals surface area contributed by atoms with E-state index in [0.29, 0.717) is 12.5 Å². The Morgan fingerprint density at radius 1 is 1.29 bits per heavy atom. The van der Waals surface area contributed by atoms with Gasteiger partial charge in [-0.3, -0.25) is 4.90 Å². The van der Waals surface area contributed by atoms with E-state index in [2.05, 4.69) is 35.7 Å². The Balaban J connectivity index is 1.74. The maximum absolute atomic E-state index is 12.5. The number of carbonyl (C=O) groups is 1. The van der Waals surface area contributed by atoms with Crippen molar-refractivity contribution in [1.82, 2.24) is 14.9 Å². The van der Waals surface area contributed by atoms with Gasteiger partial charge in [-0.2, -0.15) is 0 Å². The molecule has 1 amide bonds. The average molecular weight is 380 g/mol. The Morgan fingerprint density at radius 2 is 2.00 bits per heavy atom. The molecule has 1 aromatic carbocycles. The van der Waals surface area contributed by atoms with Crippen LogP contribution in [0.3, 0.4) is 0 Å². The number of nitrogens with zero attached hydrogens (tertiary/aromatic N) is 2. The molecule has 28 heavy (non-hydrogen) atoms. The lowest BCUT2D eigenvalue weighted by molar-refractivity contribution is 0.0219. The third kappa shape index (κ3) is 4.95. The number of rotatable bonds is 2. The predicted octanol–water partition coefficient (Wildman–Crippen LogP) is 5.16. The number of aromatic amines is 1. The minimum atomic E-state index is -0.501. The van der Waals surface area contributed by atoms with E-state index < -0.39 is 5.60 Å². The first-order valence-electron chi connectivity index (χ1n) is 9.89. The van der Waals surface area contributed by atoms with Crippen LogP contribution in [0.4, 0.5) is 4.79 Å². The fourth-order valence-corrected chi connectivity index (χ4v) is 3.20. The molecule has 0 saturated carbocycles. The monoisotopic (exact) mass is 379 g/mol. The first kappa shape index (κ1) is 20.0. The Kier molecular flexibility index (Phi) is 5.79. The Hall–Kier alpha value is -2.74. The van der Waals surface area contributed by atoms with Crippen LogP contribution in [-0.2, 0) is 4.74 Å². The molecule has 0 unspecified atom stereocenters. The summed E-state index contributed by atoms with van der Waals surface area (Å²) in [6, 6.07) is 8.06. The van der Waals surface area contributed by atoms with Crippen LogP contribution in [0.15, 0.2) is 30.5 Å². The second kappa shape index (κ2) is 8.10. The zero-order valence-corrected chi connectivity index (χ0v) is 17.4. The first-order valence-corrected chi connectivity index (χ1v) is 9.89. The molecule has 0 bridgehead atoms.